The topological polar surface area (TPSA) is 44.8 Å². The van der Waals surface area contributed by atoms with Gasteiger partial charge in [-0.1, -0.05) is 0 Å². The van der Waals surface area contributed by atoms with Crippen LogP contribution in [0.1, 0.15) is 6.92 Å². The molecule has 0 N–H and O–H groups in total. The number of hydrogen-bond acceptors (Lipinski definition) is 4. The highest BCUT2D eigenvalue weighted by atomic mass is 16.7. The Morgan fingerprint density at radius 3 is 2.67 bits per heavy atom. The van der Waals surface area contributed by atoms with Gasteiger partial charge in [0.25, 0.3) is 0 Å². The lowest BCUT2D eigenvalue weighted by Crippen LogP contribution is -2.08. The maximum atomic E-state index is 10.6. The molecule has 0 aromatic heterocycles. The average molecular weight is 174 g/mol. The van der Waals surface area contributed by atoms with E-state index < -0.39 is 0 Å². The predicted octanol–water partition coefficient (Wildman–Crippen LogP) is 0.725. The average Bonchev–Trinajstić information content (AvgIpc) is 2.10. The molecule has 4 nitrogen and oxygen atoms in total. The van der Waals surface area contributed by atoms with Crippen LogP contribution in [0.5, 0.6) is 0 Å². The van der Waals surface area contributed by atoms with Crippen molar-refractivity contribution in [2.75, 3.05) is 21.0 Å². The lowest BCUT2D eigenvalue weighted by atomic mass is 10.3. The Morgan fingerprint density at radius 1 is 1.50 bits per heavy atom. The Labute approximate surface area is 72.1 Å². The molecule has 4 heteroatoms. The normalized spacial score (nSPS) is 13.2. The number of carbonyl (C=O) groups excluding carboxylic acids is 1. The van der Waals surface area contributed by atoms with Gasteiger partial charge >= 0.3 is 5.97 Å². The standard InChI is InChI=1S/C8H14O4/c1-7(12-6-10-2)4-5-8(9)11-3/h4-5,7H,6H2,1-3H3/b5-4-/t7-/m0/s1. The molecule has 70 valence electrons. The van der Waals surface area contributed by atoms with Crippen LogP contribution in [-0.4, -0.2) is 33.1 Å². The summed E-state index contributed by atoms with van der Waals surface area (Å²) in [5.41, 5.74) is 0. The molecule has 0 radical (unpaired) electrons. The molecule has 0 aliphatic heterocycles. The predicted molar refractivity (Wildman–Crippen MR) is 43.6 cm³/mol. The maximum Gasteiger partial charge on any atom is 0.330 e. The minimum Gasteiger partial charge on any atom is -0.466 e. The van der Waals surface area contributed by atoms with Crippen molar-refractivity contribution in [2.24, 2.45) is 0 Å². The minimum absolute atomic E-state index is 0.149. The first-order chi connectivity index (χ1) is 5.70. The molecule has 0 saturated heterocycles. The van der Waals surface area contributed by atoms with Gasteiger partial charge in [0.2, 0.25) is 0 Å². The first kappa shape index (κ1) is 11.1. The van der Waals surface area contributed by atoms with Gasteiger partial charge in [-0.05, 0) is 13.0 Å². The number of ether oxygens (including phenoxy) is 3. The largest absolute Gasteiger partial charge is 0.466 e. The van der Waals surface area contributed by atoms with E-state index in [0.717, 1.165) is 0 Å². The number of esters is 1. The van der Waals surface area contributed by atoms with Crippen LogP contribution in [0.2, 0.25) is 0 Å². The first-order valence-corrected chi connectivity index (χ1v) is 3.57. The molecule has 0 aromatic carbocycles. The highest BCUT2D eigenvalue weighted by Gasteiger charge is 1.97. The lowest BCUT2D eigenvalue weighted by Gasteiger charge is -2.05. The quantitative estimate of drug-likeness (QED) is 0.350. The van der Waals surface area contributed by atoms with E-state index in [2.05, 4.69) is 9.47 Å². The molecular formula is C8H14O4. The van der Waals surface area contributed by atoms with Gasteiger partial charge in [0.05, 0.1) is 13.2 Å². The summed E-state index contributed by atoms with van der Waals surface area (Å²) in [6, 6.07) is 0. The van der Waals surface area contributed by atoms with E-state index in [0.29, 0.717) is 0 Å². The molecule has 0 spiro atoms. The van der Waals surface area contributed by atoms with E-state index in [4.69, 9.17) is 4.74 Å². The maximum absolute atomic E-state index is 10.6. The van der Waals surface area contributed by atoms with Crippen LogP contribution in [0.4, 0.5) is 0 Å². The molecule has 0 bridgehead atoms. The molecule has 1 atom stereocenters. The first-order valence-electron chi connectivity index (χ1n) is 3.57. The fourth-order valence-corrected chi connectivity index (χ4v) is 0.513. The lowest BCUT2D eigenvalue weighted by molar-refractivity contribution is -0.135. The summed E-state index contributed by atoms with van der Waals surface area (Å²) in [6.45, 7) is 2.02. The molecule has 0 heterocycles. The summed E-state index contributed by atoms with van der Waals surface area (Å²) in [7, 11) is 2.87. The minimum atomic E-state index is -0.386. The van der Waals surface area contributed by atoms with E-state index >= 15 is 0 Å². The van der Waals surface area contributed by atoms with Crippen molar-refractivity contribution in [1.29, 1.82) is 0 Å². The Hall–Kier alpha value is -0.870. The number of hydrogen-bond donors (Lipinski definition) is 0. The Balaban J connectivity index is 3.59. The van der Waals surface area contributed by atoms with Gasteiger partial charge in [0.1, 0.15) is 6.79 Å². The molecule has 0 unspecified atom stereocenters. The second kappa shape index (κ2) is 6.82. The fourth-order valence-electron chi connectivity index (χ4n) is 0.513. The molecule has 0 rings (SSSR count). The summed E-state index contributed by atoms with van der Waals surface area (Å²) in [5, 5.41) is 0. The molecule has 0 aromatic rings. The Morgan fingerprint density at radius 2 is 2.17 bits per heavy atom. The monoisotopic (exact) mass is 174 g/mol. The molecule has 0 amide bonds. The van der Waals surface area contributed by atoms with Gasteiger partial charge < -0.3 is 14.2 Å². The van der Waals surface area contributed by atoms with Crippen LogP contribution in [0.3, 0.4) is 0 Å². The zero-order chi connectivity index (χ0) is 9.40. The highest BCUT2D eigenvalue weighted by Crippen LogP contribution is 1.93. The third-order valence-corrected chi connectivity index (χ3v) is 1.15. The zero-order valence-electron chi connectivity index (χ0n) is 7.57. The SMILES string of the molecule is COCO[C@@H](C)/C=C\C(=O)OC. The van der Waals surface area contributed by atoms with E-state index in [1.54, 1.807) is 13.0 Å². The van der Waals surface area contributed by atoms with Crippen LogP contribution < -0.4 is 0 Å². The Kier molecular flexibility index (Phi) is 6.32. The molecule has 0 saturated carbocycles. The van der Waals surface area contributed by atoms with Gasteiger partial charge in [0.15, 0.2) is 0 Å². The van der Waals surface area contributed by atoms with Crippen LogP contribution in [-0.2, 0) is 19.0 Å². The third kappa shape index (κ3) is 5.88. The van der Waals surface area contributed by atoms with Crippen molar-refractivity contribution in [2.45, 2.75) is 13.0 Å². The van der Waals surface area contributed by atoms with Gasteiger partial charge in [-0.3, -0.25) is 0 Å². The van der Waals surface area contributed by atoms with Crippen LogP contribution in [0, 0.1) is 0 Å². The van der Waals surface area contributed by atoms with E-state index in [9.17, 15) is 4.79 Å². The van der Waals surface area contributed by atoms with Crippen LogP contribution in [0.15, 0.2) is 12.2 Å². The third-order valence-electron chi connectivity index (χ3n) is 1.15. The summed E-state index contributed by atoms with van der Waals surface area (Å²) >= 11 is 0. The molecular weight excluding hydrogens is 160 g/mol. The van der Waals surface area contributed by atoms with Crippen LogP contribution in [0.25, 0.3) is 0 Å². The van der Waals surface area contributed by atoms with Gasteiger partial charge in [-0.2, -0.15) is 0 Å². The molecule has 0 aliphatic carbocycles. The van der Waals surface area contributed by atoms with Gasteiger partial charge in [-0.15, -0.1) is 0 Å². The zero-order valence-corrected chi connectivity index (χ0v) is 7.57. The van der Waals surface area contributed by atoms with E-state index in [1.807, 2.05) is 0 Å². The summed E-state index contributed by atoms with van der Waals surface area (Å²) in [5.74, 6) is -0.386. The van der Waals surface area contributed by atoms with E-state index in [-0.39, 0.29) is 18.9 Å². The summed E-state index contributed by atoms with van der Waals surface area (Å²) in [4.78, 5) is 10.6. The van der Waals surface area contributed by atoms with Crippen molar-refractivity contribution < 1.29 is 19.0 Å². The van der Waals surface area contributed by atoms with Gasteiger partial charge in [-0.25, -0.2) is 4.79 Å². The summed E-state index contributed by atoms with van der Waals surface area (Å²) < 4.78 is 14.1. The second-order valence-electron chi connectivity index (χ2n) is 2.16. The summed E-state index contributed by atoms with van der Waals surface area (Å²) in [6.07, 6.45) is 2.77. The molecule has 0 fully saturated rings. The van der Waals surface area contributed by atoms with E-state index in [1.165, 1.54) is 20.3 Å². The fraction of sp³-hybridized carbons (Fsp3) is 0.625. The van der Waals surface area contributed by atoms with Crippen molar-refractivity contribution in [3.8, 4) is 0 Å². The molecule has 0 aliphatic rings. The van der Waals surface area contributed by atoms with Gasteiger partial charge in [0, 0.05) is 13.2 Å². The molecule has 12 heavy (non-hydrogen) atoms. The second-order valence-corrected chi connectivity index (χ2v) is 2.16. The smallest absolute Gasteiger partial charge is 0.330 e. The number of rotatable bonds is 5. The number of methoxy groups -OCH3 is 2. The van der Waals surface area contributed by atoms with Crippen molar-refractivity contribution in [3.63, 3.8) is 0 Å². The van der Waals surface area contributed by atoms with Crippen LogP contribution >= 0.6 is 0 Å². The van der Waals surface area contributed by atoms with Crippen molar-refractivity contribution in [3.05, 3.63) is 12.2 Å². The number of carbonyl (C=O) groups is 1. The van der Waals surface area contributed by atoms with Crippen molar-refractivity contribution >= 4 is 5.97 Å². The van der Waals surface area contributed by atoms with Crippen molar-refractivity contribution in [1.82, 2.24) is 0 Å². The highest BCUT2D eigenvalue weighted by molar-refractivity contribution is 5.81. The Bertz CT molecular complexity index is 153.